The van der Waals surface area contributed by atoms with Crippen molar-refractivity contribution in [2.45, 2.75) is 38.3 Å². The predicted octanol–water partition coefficient (Wildman–Crippen LogP) is 0.867. The fourth-order valence-electron chi connectivity index (χ4n) is 3.94. The number of rotatable bonds is 6. The fourth-order valence-corrected chi connectivity index (χ4v) is 3.94. The number of amides is 1. The van der Waals surface area contributed by atoms with Crippen LogP contribution in [0.4, 0.5) is 0 Å². The predicted molar refractivity (Wildman–Crippen MR) is 96.9 cm³/mol. The number of likely N-dealkylation sites (tertiary alicyclic amines) is 1. The number of carbonyl (C=O) groups excluding carboxylic acids is 1. The van der Waals surface area contributed by atoms with Crippen molar-refractivity contribution in [2.75, 3.05) is 39.3 Å². The molecule has 138 valence electrons. The van der Waals surface area contributed by atoms with Gasteiger partial charge in [-0.1, -0.05) is 6.92 Å². The third-order valence-corrected chi connectivity index (χ3v) is 5.45. The first-order valence-electron chi connectivity index (χ1n) is 9.43. The maximum Gasteiger partial charge on any atom is 0.225 e. The largest absolute Gasteiger partial charge is 0.387 e. The first-order valence-corrected chi connectivity index (χ1v) is 9.43. The lowest BCUT2D eigenvalue weighted by Crippen LogP contribution is -2.47. The number of hydrogen-bond donors (Lipinski definition) is 2. The monoisotopic (exact) mass is 346 g/mol. The maximum atomic E-state index is 12.7. The third-order valence-electron chi connectivity index (χ3n) is 5.45. The minimum absolute atomic E-state index is 0.127. The number of aromatic nitrogens is 1. The van der Waals surface area contributed by atoms with Crippen LogP contribution in [0.15, 0.2) is 24.5 Å². The van der Waals surface area contributed by atoms with Crippen molar-refractivity contribution in [1.29, 1.82) is 0 Å². The van der Waals surface area contributed by atoms with Crippen LogP contribution >= 0.6 is 0 Å². The molecule has 1 aromatic rings. The zero-order valence-corrected chi connectivity index (χ0v) is 15.2. The SMILES string of the molecule is CCN(Cc1ccncc1)CC1(O)CCN(C(=O)C2CCNCC2)C1. The van der Waals surface area contributed by atoms with Gasteiger partial charge in [-0.25, -0.2) is 0 Å². The third kappa shape index (κ3) is 4.77. The molecule has 0 radical (unpaired) electrons. The first kappa shape index (κ1) is 18.3. The second kappa shape index (κ2) is 8.25. The standard InChI is InChI=1S/C19H30N4O2/c1-2-22(13-16-3-8-20-9-4-16)14-19(25)7-12-23(15-19)18(24)17-5-10-21-11-6-17/h3-4,8-9,17,21,25H,2,5-7,10-15H2,1H3. The second-order valence-corrected chi connectivity index (χ2v) is 7.42. The van der Waals surface area contributed by atoms with Crippen LogP contribution in [-0.2, 0) is 11.3 Å². The van der Waals surface area contributed by atoms with E-state index >= 15 is 0 Å². The van der Waals surface area contributed by atoms with E-state index in [-0.39, 0.29) is 11.8 Å². The van der Waals surface area contributed by atoms with E-state index < -0.39 is 5.60 Å². The molecule has 0 bridgehead atoms. The zero-order chi connectivity index (χ0) is 17.7. The molecule has 2 fully saturated rings. The molecule has 0 aliphatic carbocycles. The summed E-state index contributed by atoms with van der Waals surface area (Å²) < 4.78 is 0. The van der Waals surface area contributed by atoms with Gasteiger partial charge < -0.3 is 15.3 Å². The molecule has 6 heteroatoms. The van der Waals surface area contributed by atoms with E-state index in [0.717, 1.165) is 39.0 Å². The highest BCUT2D eigenvalue weighted by atomic mass is 16.3. The van der Waals surface area contributed by atoms with Crippen molar-refractivity contribution in [3.05, 3.63) is 30.1 Å². The minimum atomic E-state index is -0.800. The Hall–Kier alpha value is -1.50. The lowest BCUT2D eigenvalue weighted by atomic mass is 9.96. The van der Waals surface area contributed by atoms with Gasteiger partial charge in [-0.3, -0.25) is 14.7 Å². The molecule has 3 rings (SSSR count). The molecule has 3 heterocycles. The highest BCUT2D eigenvalue weighted by Gasteiger charge is 2.40. The van der Waals surface area contributed by atoms with E-state index in [9.17, 15) is 9.90 Å². The summed E-state index contributed by atoms with van der Waals surface area (Å²) in [5.41, 5.74) is 0.395. The average Bonchev–Trinajstić information content (AvgIpc) is 3.04. The van der Waals surface area contributed by atoms with Gasteiger partial charge in [0.25, 0.3) is 0 Å². The zero-order valence-electron chi connectivity index (χ0n) is 15.2. The molecule has 2 aliphatic rings. The maximum absolute atomic E-state index is 12.7. The molecule has 2 N–H and O–H groups in total. The second-order valence-electron chi connectivity index (χ2n) is 7.42. The highest BCUT2D eigenvalue weighted by Crippen LogP contribution is 2.26. The average molecular weight is 346 g/mol. The van der Waals surface area contributed by atoms with Gasteiger partial charge in [0, 0.05) is 37.9 Å². The van der Waals surface area contributed by atoms with Gasteiger partial charge in [0.05, 0.1) is 12.1 Å². The van der Waals surface area contributed by atoms with Crippen LogP contribution in [0.3, 0.4) is 0 Å². The van der Waals surface area contributed by atoms with Crippen molar-refractivity contribution in [1.82, 2.24) is 20.1 Å². The quantitative estimate of drug-likeness (QED) is 0.800. The highest BCUT2D eigenvalue weighted by molar-refractivity contribution is 5.79. The number of hydrogen-bond acceptors (Lipinski definition) is 5. The molecule has 1 aromatic heterocycles. The topological polar surface area (TPSA) is 68.7 Å². The molecule has 1 unspecified atom stereocenters. The number of β-amino-alcohol motifs (C(OH)–C–C–N with tert-alkyl or cyclic N) is 1. The number of pyridine rings is 1. The van der Waals surface area contributed by atoms with Gasteiger partial charge >= 0.3 is 0 Å². The Bertz CT molecular complexity index is 562. The van der Waals surface area contributed by atoms with Crippen LogP contribution < -0.4 is 5.32 Å². The van der Waals surface area contributed by atoms with Gasteiger partial charge in [0.1, 0.15) is 0 Å². The Morgan fingerprint density at radius 2 is 2.12 bits per heavy atom. The molecule has 1 amide bonds. The fraction of sp³-hybridized carbons (Fsp3) is 0.684. The van der Waals surface area contributed by atoms with Crippen molar-refractivity contribution < 1.29 is 9.90 Å². The number of piperidine rings is 1. The Balaban J connectivity index is 1.55. The van der Waals surface area contributed by atoms with Crippen molar-refractivity contribution in [2.24, 2.45) is 5.92 Å². The molecule has 1 atom stereocenters. The Morgan fingerprint density at radius 1 is 1.40 bits per heavy atom. The van der Waals surface area contributed by atoms with Crippen LogP contribution in [0, 0.1) is 5.92 Å². The summed E-state index contributed by atoms with van der Waals surface area (Å²) in [6, 6.07) is 4.02. The number of likely N-dealkylation sites (N-methyl/N-ethyl adjacent to an activating group) is 1. The van der Waals surface area contributed by atoms with Crippen LogP contribution in [0.5, 0.6) is 0 Å². The molecular formula is C19H30N4O2. The molecule has 0 saturated carbocycles. The van der Waals surface area contributed by atoms with E-state index in [2.05, 4.69) is 22.1 Å². The Labute approximate surface area is 150 Å². The lowest BCUT2D eigenvalue weighted by molar-refractivity contribution is -0.136. The van der Waals surface area contributed by atoms with E-state index in [4.69, 9.17) is 0 Å². The Kier molecular flexibility index (Phi) is 6.04. The van der Waals surface area contributed by atoms with Crippen molar-refractivity contribution in [3.63, 3.8) is 0 Å². The van der Waals surface area contributed by atoms with Crippen LogP contribution in [0.2, 0.25) is 0 Å². The van der Waals surface area contributed by atoms with E-state index in [1.54, 1.807) is 12.4 Å². The number of carbonyl (C=O) groups is 1. The van der Waals surface area contributed by atoms with Crippen molar-refractivity contribution in [3.8, 4) is 0 Å². The summed E-state index contributed by atoms with van der Waals surface area (Å²) in [5.74, 6) is 0.359. The summed E-state index contributed by atoms with van der Waals surface area (Å²) in [6.45, 7) is 7.35. The van der Waals surface area contributed by atoms with Gasteiger partial charge in [0.15, 0.2) is 0 Å². The van der Waals surface area contributed by atoms with E-state index in [1.807, 2.05) is 17.0 Å². The van der Waals surface area contributed by atoms with E-state index in [0.29, 0.717) is 26.1 Å². The lowest BCUT2D eigenvalue weighted by Gasteiger charge is -2.32. The first-order chi connectivity index (χ1) is 12.1. The van der Waals surface area contributed by atoms with Crippen LogP contribution in [0.25, 0.3) is 0 Å². The molecule has 2 aliphatic heterocycles. The Morgan fingerprint density at radius 3 is 2.80 bits per heavy atom. The number of aliphatic hydroxyl groups is 1. The molecular weight excluding hydrogens is 316 g/mol. The number of nitrogens with one attached hydrogen (secondary N) is 1. The van der Waals surface area contributed by atoms with Crippen LogP contribution in [0.1, 0.15) is 31.7 Å². The summed E-state index contributed by atoms with van der Waals surface area (Å²) in [6.07, 6.45) is 6.09. The summed E-state index contributed by atoms with van der Waals surface area (Å²) in [7, 11) is 0. The molecule has 25 heavy (non-hydrogen) atoms. The summed E-state index contributed by atoms with van der Waals surface area (Å²) in [4.78, 5) is 20.9. The van der Waals surface area contributed by atoms with Gasteiger partial charge in [-0.15, -0.1) is 0 Å². The van der Waals surface area contributed by atoms with Gasteiger partial charge in [-0.05, 0) is 56.6 Å². The minimum Gasteiger partial charge on any atom is -0.387 e. The van der Waals surface area contributed by atoms with Crippen LogP contribution in [-0.4, -0.2) is 70.7 Å². The van der Waals surface area contributed by atoms with Gasteiger partial charge in [-0.2, -0.15) is 0 Å². The number of nitrogens with zero attached hydrogens (tertiary/aromatic N) is 3. The molecule has 2 saturated heterocycles. The summed E-state index contributed by atoms with van der Waals surface area (Å²) >= 11 is 0. The van der Waals surface area contributed by atoms with Crippen molar-refractivity contribution >= 4 is 5.91 Å². The van der Waals surface area contributed by atoms with E-state index in [1.165, 1.54) is 5.56 Å². The van der Waals surface area contributed by atoms with Gasteiger partial charge in [0.2, 0.25) is 5.91 Å². The summed E-state index contributed by atoms with van der Waals surface area (Å²) in [5, 5.41) is 14.3. The molecule has 6 nitrogen and oxygen atoms in total. The molecule has 0 spiro atoms. The smallest absolute Gasteiger partial charge is 0.225 e. The normalized spacial score (nSPS) is 24.8. The molecule has 0 aromatic carbocycles.